The molecule has 2 aromatic heterocycles. The van der Waals surface area contributed by atoms with Crippen molar-refractivity contribution in [3.8, 4) is 0 Å². The lowest BCUT2D eigenvalue weighted by Gasteiger charge is -2.32. The van der Waals surface area contributed by atoms with Gasteiger partial charge < -0.3 is 19.0 Å². The molecular weight excluding hydrogens is 569 g/mol. The molecule has 0 saturated carbocycles. The molecule has 1 unspecified atom stereocenters. The number of anilines is 1. The number of likely N-dealkylation sites (N-methyl/N-ethyl adjacent to an activating group) is 1. The summed E-state index contributed by atoms with van der Waals surface area (Å²) in [7, 11) is 2.12. The lowest BCUT2D eigenvalue weighted by molar-refractivity contribution is -0.138. The van der Waals surface area contributed by atoms with Crippen molar-refractivity contribution < 1.29 is 13.9 Å². The van der Waals surface area contributed by atoms with Crippen LogP contribution in [0.15, 0.2) is 91.4 Å². The minimum absolute atomic E-state index is 0.209. The second-order valence-electron chi connectivity index (χ2n) is 10.2. The highest BCUT2D eigenvalue weighted by Gasteiger charge is 2.35. The largest absolute Gasteiger partial charge is 0.463 e. The second kappa shape index (κ2) is 12.2. The number of fused-ring (bicyclic) bond motifs is 1. The van der Waals surface area contributed by atoms with E-state index in [0.717, 1.165) is 48.1 Å². The molecule has 1 saturated heterocycles. The Kier molecular flexibility index (Phi) is 8.19. The van der Waals surface area contributed by atoms with Crippen LogP contribution in [0.3, 0.4) is 0 Å². The molecule has 4 heterocycles. The van der Waals surface area contributed by atoms with Gasteiger partial charge in [-0.15, -0.1) is 11.8 Å². The summed E-state index contributed by atoms with van der Waals surface area (Å²) in [6, 6.07) is 20.7. The molecule has 0 aliphatic carbocycles. The number of piperazine rings is 1. The maximum atomic E-state index is 14.1. The van der Waals surface area contributed by atoms with Gasteiger partial charge in [0.25, 0.3) is 5.56 Å². The molecule has 0 amide bonds. The summed E-state index contributed by atoms with van der Waals surface area (Å²) in [5.74, 6) is 0.906. The fraction of sp³-hybridized carbons (Fsp3) is 0.281. The quantitative estimate of drug-likeness (QED) is 0.234. The number of rotatable bonds is 7. The molecule has 4 aromatic rings. The van der Waals surface area contributed by atoms with Gasteiger partial charge in [-0.05, 0) is 44.0 Å². The molecule has 216 valence electrons. The van der Waals surface area contributed by atoms with E-state index in [1.165, 1.54) is 11.3 Å². The summed E-state index contributed by atoms with van der Waals surface area (Å²) in [5.41, 5.74) is 2.21. The van der Waals surface area contributed by atoms with Crippen LogP contribution in [0.25, 0.3) is 11.8 Å². The smallest absolute Gasteiger partial charge is 0.338 e. The Morgan fingerprint density at radius 3 is 2.50 bits per heavy atom. The van der Waals surface area contributed by atoms with Crippen LogP contribution >= 0.6 is 23.1 Å². The lowest BCUT2D eigenvalue weighted by atomic mass is 9.93. The van der Waals surface area contributed by atoms with E-state index in [1.54, 1.807) is 29.3 Å². The molecule has 0 bridgehead atoms. The van der Waals surface area contributed by atoms with Crippen molar-refractivity contribution >= 4 is 46.7 Å². The molecule has 0 radical (unpaired) electrons. The SMILES string of the molecule is CCOC(=O)C1=C(c2ccccc2)N=c2s/c(=C\c3ccc(N4CCN(C)CC4)o3)c(=O)n2C1c1ccc(SC)cc1. The molecule has 2 aliphatic heterocycles. The van der Waals surface area contributed by atoms with E-state index in [2.05, 4.69) is 16.8 Å². The van der Waals surface area contributed by atoms with Crippen molar-refractivity contribution in [3.05, 3.63) is 109 Å². The van der Waals surface area contributed by atoms with Crippen LogP contribution in [0, 0.1) is 0 Å². The van der Waals surface area contributed by atoms with Gasteiger partial charge in [-0.1, -0.05) is 53.8 Å². The summed E-state index contributed by atoms with van der Waals surface area (Å²) in [6.45, 7) is 5.71. The number of ether oxygens (including phenoxy) is 1. The standard InChI is InChI=1S/C32H32N4O4S2/c1-4-39-31(38)27-28(21-8-6-5-7-9-21)33-32-36(29(27)22-10-13-24(41-3)14-11-22)30(37)25(42-32)20-23-12-15-26(40-23)35-18-16-34(2)17-19-35/h5-15,20,29H,4,16-19H2,1-3H3/b25-20-. The Morgan fingerprint density at radius 2 is 1.81 bits per heavy atom. The van der Waals surface area contributed by atoms with Crippen LogP contribution < -0.4 is 19.8 Å². The molecule has 0 spiro atoms. The molecule has 42 heavy (non-hydrogen) atoms. The monoisotopic (exact) mass is 600 g/mol. The lowest BCUT2D eigenvalue weighted by Crippen LogP contribution is -2.44. The minimum atomic E-state index is -0.703. The van der Waals surface area contributed by atoms with Crippen molar-refractivity contribution in [3.63, 3.8) is 0 Å². The maximum Gasteiger partial charge on any atom is 0.338 e. The van der Waals surface area contributed by atoms with E-state index in [1.807, 2.05) is 73.0 Å². The third-order valence-corrected chi connectivity index (χ3v) is 9.23. The first-order valence-electron chi connectivity index (χ1n) is 13.9. The first-order valence-corrected chi connectivity index (χ1v) is 16.0. The van der Waals surface area contributed by atoms with Crippen molar-refractivity contribution in [2.45, 2.75) is 17.9 Å². The van der Waals surface area contributed by atoms with E-state index in [4.69, 9.17) is 14.1 Å². The van der Waals surface area contributed by atoms with Crippen LogP contribution in [0.1, 0.15) is 29.9 Å². The topological polar surface area (TPSA) is 80.3 Å². The predicted octanol–water partition coefficient (Wildman–Crippen LogP) is 4.00. The number of thiazole rings is 1. The number of benzene rings is 2. The van der Waals surface area contributed by atoms with Crippen molar-refractivity contribution in [1.82, 2.24) is 9.47 Å². The van der Waals surface area contributed by atoms with E-state index in [0.29, 0.717) is 26.4 Å². The maximum absolute atomic E-state index is 14.1. The van der Waals surface area contributed by atoms with Gasteiger partial charge in [0.15, 0.2) is 10.7 Å². The number of nitrogens with zero attached hydrogens (tertiary/aromatic N) is 4. The van der Waals surface area contributed by atoms with Crippen molar-refractivity contribution in [2.24, 2.45) is 4.99 Å². The molecule has 8 nitrogen and oxygen atoms in total. The van der Waals surface area contributed by atoms with Crippen LogP contribution in [-0.4, -0.2) is 61.5 Å². The Labute approximate surface area is 252 Å². The highest BCUT2D eigenvalue weighted by molar-refractivity contribution is 7.98. The molecule has 1 atom stereocenters. The third kappa shape index (κ3) is 5.49. The number of aromatic nitrogens is 1. The second-order valence-corrected chi connectivity index (χ2v) is 12.1. The fourth-order valence-corrected chi connectivity index (χ4v) is 6.68. The Morgan fingerprint density at radius 1 is 1.07 bits per heavy atom. The van der Waals surface area contributed by atoms with Gasteiger partial charge in [0, 0.05) is 48.8 Å². The highest BCUT2D eigenvalue weighted by Crippen LogP contribution is 2.35. The Balaban J connectivity index is 1.51. The first kappa shape index (κ1) is 28.3. The molecule has 2 aliphatic rings. The zero-order valence-electron chi connectivity index (χ0n) is 23.8. The Bertz CT molecular complexity index is 1800. The fourth-order valence-electron chi connectivity index (χ4n) is 5.29. The first-order chi connectivity index (χ1) is 20.5. The van der Waals surface area contributed by atoms with Crippen molar-refractivity contribution in [1.29, 1.82) is 0 Å². The number of carbonyl (C=O) groups is 1. The van der Waals surface area contributed by atoms with Crippen LogP contribution in [0.5, 0.6) is 0 Å². The molecule has 10 heteroatoms. The van der Waals surface area contributed by atoms with Gasteiger partial charge in [0.1, 0.15) is 5.76 Å². The summed E-state index contributed by atoms with van der Waals surface area (Å²) in [4.78, 5) is 38.7. The third-order valence-electron chi connectivity index (χ3n) is 7.51. The summed E-state index contributed by atoms with van der Waals surface area (Å²) in [5, 5.41) is 0. The van der Waals surface area contributed by atoms with Gasteiger partial charge >= 0.3 is 5.97 Å². The predicted molar refractivity (Wildman–Crippen MR) is 168 cm³/mol. The van der Waals surface area contributed by atoms with E-state index < -0.39 is 12.0 Å². The molecule has 0 N–H and O–H groups in total. The molecule has 2 aromatic carbocycles. The Hall–Kier alpha value is -3.86. The van der Waals surface area contributed by atoms with Crippen LogP contribution in [0.2, 0.25) is 0 Å². The summed E-state index contributed by atoms with van der Waals surface area (Å²) >= 11 is 2.92. The van der Waals surface area contributed by atoms with Crippen molar-refractivity contribution in [2.75, 3.05) is 51.0 Å². The number of thioether (sulfide) groups is 1. The highest BCUT2D eigenvalue weighted by atomic mass is 32.2. The summed E-state index contributed by atoms with van der Waals surface area (Å²) in [6.07, 6.45) is 3.78. The van der Waals surface area contributed by atoms with Gasteiger partial charge in [-0.25, -0.2) is 9.79 Å². The molecule has 1 fully saturated rings. The average molecular weight is 601 g/mol. The van der Waals surface area contributed by atoms with Gasteiger partial charge in [0.2, 0.25) is 0 Å². The summed E-state index contributed by atoms with van der Waals surface area (Å²) < 4.78 is 13.8. The number of hydrogen-bond donors (Lipinski definition) is 0. The van der Waals surface area contributed by atoms with Crippen LogP contribution in [0.4, 0.5) is 5.88 Å². The zero-order chi connectivity index (χ0) is 29.2. The van der Waals surface area contributed by atoms with E-state index in [9.17, 15) is 9.59 Å². The zero-order valence-corrected chi connectivity index (χ0v) is 25.4. The van der Waals surface area contributed by atoms with Gasteiger partial charge in [-0.3, -0.25) is 9.36 Å². The van der Waals surface area contributed by atoms with Crippen LogP contribution in [-0.2, 0) is 9.53 Å². The number of esters is 1. The van der Waals surface area contributed by atoms with E-state index >= 15 is 0 Å². The molecular formula is C32H32N4O4S2. The normalized spacial score (nSPS) is 17.7. The van der Waals surface area contributed by atoms with Gasteiger partial charge in [0.05, 0.1) is 28.5 Å². The van der Waals surface area contributed by atoms with Gasteiger partial charge in [-0.2, -0.15) is 0 Å². The molecule has 6 rings (SSSR count). The number of hydrogen-bond acceptors (Lipinski definition) is 9. The minimum Gasteiger partial charge on any atom is -0.463 e. The number of furan rings is 1. The average Bonchev–Trinajstić information content (AvgIpc) is 3.61. The number of carbonyl (C=O) groups excluding carboxylic acids is 1. The van der Waals surface area contributed by atoms with E-state index in [-0.39, 0.29) is 12.2 Å².